The van der Waals surface area contributed by atoms with E-state index < -0.39 is 17.1 Å². The van der Waals surface area contributed by atoms with Crippen molar-refractivity contribution in [2.75, 3.05) is 6.61 Å². The zero-order valence-electron chi connectivity index (χ0n) is 11.3. The Labute approximate surface area is 118 Å². The van der Waals surface area contributed by atoms with Crippen LogP contribution in [0, 0.1) is 0 Å². The van der Waals surface area contributed by atoms with Crippen LogP contribution in [0.4, 0.5) is 0 Å². The highest BCUT2D eigenvalue weighted by Gasteiger charge is 2.26. The standard InChI is InChI=1S/C12H15N3O6/c16-5-1-3-13-10(18)14(4-2-6-17)12(20)15(11(13)19)7-9-8-21-9/h5-6,9H,1-4,7-8H2. The van der Waals surface area contributed by atoms with Gasteiger partial charge in [-0.25, -0.2) is 28.1 Å². The molecule has 0 N–H and O–H groups in total. The zero-order valence-corrected chi connectivity index (χ0v) is 11.3. The molecule has 1 aromatic rings. The summed E-state index contributed by atoms with van der Waals surface area (Å²) in [5, 5.41) is 0. The Morgan fingerprint density at radius 3 is 1.71 bits per heavy atom. The predicted molar refractivity (Wildman–Crippen MR) is 70.3 cm³/mol. The molecule has 0 saturated carbocycles. The Bertz CT molecular complexity index is 659. The number of carbonyl (C=O) groups excluding carboxylic acids is 2. The molecule has 1 aliphatic rings. The van der Waals surface area contributed by atoms with Gasteiger partial charge in [-0.15, -0.1) is 0 Å². The molecule has 9 nitrogen and oxygen atoms in total. The lowest BCUT2D eigenvalue weighted by atomic mass is 10.4. The maximum absolute atomic E-state index is 12.2. The molecule has 1 unspecified atom stereocenters. The van der Waals surface area contributed by atoms with Crippen molar-refractivity contribution >= 4 is 12.6 Å². The number of nitrogens with zero attached hydrogens (tertiary/aromatic N) is 3. The number of ether oxygens (including phenoxy) is 1. The predicted octanol–water partition coefficient (Wildman–Crippen LogP) is -2.25. The van der Waals surface area contributed by atoms with Gasteiger partial charge in [-0.3, -0.25) is 0 Å². The van der Waals surface area contributed by atoms with Crippen LogP contribution in [-0.4, -0.2) is 39.0 Å². The SMILES string of the molecule is O=CCCn1c(=O)n(CCC=O)c(=O)n(CC2CO2)c1=O. The fraction of sp³-hybridized carbons (Fsp3) is 0.583. The second-order valence-electron chi connectivity index (χ2n) is 4.63. The summed E-state index contributed by atoms with van der Waals surface area (Å²) in [7, 11) is 0. The minimum atomic E-state index is -0.804. The highest BCUT2D eigenvalue weighted by atomic mass is 16.6. The van der Waals surface area contributed by atoms with E-state index in [1.807, 2.05) is 0 Å². The van der Waals surface area contributed by atoms with Gasteiger partial charge in [0, 0.05) is 25.9 Å². The van der Waals surface area contributed by atoms with Gasteiger partial charge in [-0.05, 0) is 0 Å². The topological polar surface area (TPSA) is 113 Å². The molecule has 1 atom stereocenters. The van der Waals surface area contributed by atoms with E-state index in [0.29, 0.717) is 19.2 Å². The van der Waals surface area contributed by atoms with Crippen molar-refractivity contribution in [3.63, 3.8) is 0 Å². The van der Waals surface area contributed by atoms with E-state index in [4.69, 9.17) is 4.74 Å². The molecule has 2 rings (SSSR count). The summed E-state index contributed by atoms with van der Waals surface area (Å²) in [6.07, 6.45) is 0.927. The van der Waals surface area contributed by atoms with Crippen molar-refractivity contribution in [1.29, 1.82) is 0 Å². The first-order valence-electron chi connectivity index (χ1n) is 6.53. The van der Waals surface area contributed by atoms with Gasteiger partial charge in [-0.2, -0.15) is 0 Å². The minimum absolute atomic E-state index is 0.0129. The summed E-state index contributed by atoms with van der Waals surface area (Å²) in [6, 6.07) is 0. The van der Waals surface area contributed by atoms with Gasteiger partial charge >= 0.3 is 17.1 Å². The Morgan fingerprint density at radius 1 is 0.905 bits per heavy atom. The molecule has 0 aliphatic carbocycles. The van der Waals surface area contributed by atoms with Gasteiger partial charge in [-0.1, -0.05) is 0 Å². The molecular formula is C12H15N3O6. The quantitative estimate of drug-likeness (QED) is 0.395. The number of aldehydes is 2. The van der Waals surface area contributed by atoms with Crippen LogP contribution in [0.2, 0.25) is 0 Å². The van der Waals surface area contributed by atoms with Gasteiger partial charge in [0.2, 0.25) is 0 Å². The molecule has 2 heterocycles. The molecular weight excluding hydrogens is 282 g/mol. The lowest BCUT2D eigenvalue weighted by Crippen LogP contribution is -2.55. The van der Waals surface area contributed by atoms with Gasteiger partial charge in [0.1, 0.15) is 12.6 Å². The van der Waals surface area contributed by atoms with E-state index in [-0.39, 0.29) is 38.6 Å². The van der Waals surface area contributed by atoms with E-state index in [1.54, 1.807) is 0 Å². The van der Waals surface area contributed by atoms with E-state index in [2.05, 4.69) is 0 Å². The van der Waals surface area contributed by atoms with Crippen molar-refractivity contribution in [2.45, 2.75) is 38.6 Å². The summed E-state index contributed by atoms with van der Waals surface area (Å²) in [4.78, 5) is 57.4. The Balaban J connectivity index is 2.54. The van der Waals surface area contributed by atoms with E-state index in [9.17, 15) is 24.0 Å². The average Bonchev–Trinajstić information content (AvgIpc) is 3.27. The largest absolute Gasteiger partial charge is 0.371 e. The van der Waals surface area contributed by atoms with Gasteiger partial charge < -0.3 is 14.3 Å². The van der Waals surface area contributed by atoms with Crippen LogP contribution < -0.4 is 17.1 Å². The molecule has 1 aromatic heterocycles. The number of rotatable bonds is 8. The van der Waals surface area contributed by atoms with Gasteiger partial charge in [0.05, 0.1) is 19.3 Å². The second-order valence-corrected chi connectivity index (χ2v) is 4.63. The number of carbonyl (C=O) groups is 2. The molecule has 9 heteroatoms. The molecule has 0 radical (unpaired) electrons. The summed E-state index contributed by atoms with van der Waals surface area (Å²) in [6.45, 7) is 0.302. The van der Waals surface area contributed by atoms with Gasteiger partial charge in [0.15, 0.2) is 0 Å². The lowest BCUT2D eigenvalue weighted by Gasteiger charge is -2.11. The van der Waals surface area contributed by atoms with Crippen molar-refractivity contribution < 1.29 is 14.3 Å². The fourth-order valence-electron chi connectivity index (χ4n) is 1.96. The molecule has 0 aromatic carbocycles. The van der Waals surface area contributed by atoms with Crippen LogP contribution in [0.3, 0.4) is 0 Å². The third kappa shape index (κ3) is 3.24. The van der Waals surface area contributed by atoms with Crippen molar-refractivity contribution in [1.82, 2.24) is 13.7 Å². The molecule has 0 amide bonds. The average molecular weight is 297 g/mol. The number of hydrogen-bond acceptors (Lipinski definition) is 6. The maximum atomic E-state index is 12.2. The molecule has 0 spiro atoms. The van der Waals surface area contributed by atoms with Crippen LogP contribution in [-0.2, 0) is 34.0 Å². The fourth-order valence-corrected chi connectivity index (χ4v) is 1.96. The monoisotopic (exact) mass is 297 g/mol. The Morgan fingerprint density at radius 2 is 1.33 bits per heavy atom. The van der Waals surface area contributed by atoms with E-state index in [0.717, 1.165) is 13.7 Å². The molecule has 21 heavy (non-hydrogen) atoms. The molecule has 114 valence electrons. The number of aromatic nitrogens is 3. The van der Waals surface area contributed by atoms with Crippen LogP contribution in [0.15, 0.2) is 14.4 Å². The smallest absolute Gasteiger partial charge is 0.336 e. The molecule has 0 bridgehead atoms. The third-order valence-corrected chi connectivity index (χ3v) is 3.12. The molecule has 1 aliphatic heterocycles. The highest BCUT2D eigenvalue weighted by molar-refractivity contribution is 5.49. The Hall–Kier alpha value is -2.29. The van der Waals surface area contributed by atoms with Crippen LogP contribution >= 0.6 is 0 Å². The van der Waals surface area contributed by atoms with Crippen molar-refractivity contribution in [3.05, 3.63) is 31.5 Å². The van der Waals surface area contributed by atoms with E-state index in [1.165, 1.54) is 0 Å². The summed E-state index contributed by atoms with van der Waals surface area (Å²) in [5.41, 5.74) is -2.32. The molecule has 1 saturated heterocycles. The summed E-state index contributed by atoms with van der Waals surface area (Å²) in [5.74, 6) is 0. The van der Waals surface area contributed by atoms with Crippen LogP contribution in [0.1, 0.15) is 12.8 Å². The van der Waals surface area contributed by atoms with E-state index >= 15 is 0 Å². The zero-order chi connectivity index (χ0) is 15.4. The number of hydrogen-bond donors (Lipinski definition) is 0. The number of epoxide rings is 1. The molecule has 1 fully saturated rings. The normalized spacial score (nSPS) is 16.7. The van der Waals surface area contributed by atoms with Crippen LogP contribution in [0.25, 0.3) is 0 Å². The first kappa shape index (κ1) is 15.1. The van der Waals surface area contributed by atoms with Crippen molar-refractivity contribution in [2.24, 2.45) is 0 Å². The third-order valence-electron chi connectivity index (χ3n) is 3.12. The Kier molecular flexibility index (Phi) is 4.63. The highest BCUT2D eigenvalue weighted by Crippen LogP contribution is 2.08. The minimum Gasteiger partial charge on any atom is -0.371 e. The first-order valence-corrected chi connectivity index (χ1v) is 6.53. The maximum Gasteiger partial charge on any atom is 0.336 e. The summed E-state index contributed by atoms with van der Waals surface area (Å²) < 4.78 is 7.57. The van der Waals surface area contributed by atoms with Crippen LogP contribution in [0.5, 0.6) is 0 Å². The van der Waals surface area contributed by atoms with Gasteiger partial charge in [0.25, 0.3) is 0 Å². The van der Waals surface area contributed by atoms with Crippen molar-refractivity contribution in [3.8, 4) is 0 Å². The second kappa shape index (κ2) is 6.44. The first-order chi connectivity index (χ1) is 10.1. The summed E-state index contributed by atoms with van der Waals surface area (Å²) >= 11 is 0. The lowest BCUT2D eigenvalue weighted by molar-refractivity contribution is -0.108.